The molecule has 8 nitrogen and oxygen atoms in total. The van der Waals surface area contributed by atoms with Gasteiger partial charge < -0.3 is 19.7 Å². The van der Waals surface area contributed by atoms with Crippen LogP contribution >= 0.6 is 11.3 Å². The highest BCUT2D eigenvalue weighted by Crippen LogP contribution is 2.40. The molecule has 1 unspecified atom stereocenters. The van der Waals surface area contributed by atoms with E-state index in [1.807, 2.05) is 24.0 Å². The fraction of sp³-hybridized carbons (Fsp3) is 0.467. The number of aliphatic hydroxyl groups is 2. The van der Waals surface area contributed by atoms with E-state index in [1.54, 1.807) is 6.92 Å². The summed E-state index contributed by atoms with van der Waals surface area (Å²) in [5.74, 6) is 1.95. The number of aryl methyl sites for hydroxylation is 2. The number of thiazole rings is 1. The summed E-state index contributed by atoms with van der Waals surface area (Å²) < 4.78 is 7.16. The molecule has 0 aliphatic rings. The predicted octanol–water partition coefficient (Wildman–Crippen LogP) is 1.08. The van der Waals surface area contributed by atoms with Crippen molar-refractivity contribution in [2.24, 2.45) is 0 Å². The van der Waals surface area contributed by atoms with Crippen molar-refractivity contribution in [1.29, 1.82) is 0 Å². The molecule has 0 amide bonds. The average molecular weight is 352 g/mol. The van der Waals surface area contributed by atoms with Crippen molar-refractivity contribution in [1.82, 2.24) is 19.5 Å². The molecule has 0 radical (unpaired) electrons. The fourth-order valence-electron chi connectivity index (χ4n) is 2.73. The van der Waals surface area contributed by atoms with Gasteiger partial charge in [0.1, 0.15) is 23.4 Å². The van der Waals surface area contributed by atoms with Crippen molar-refractivity contribution in [2.45, 2.75) is 19.9 Å². The highest BCUT2D eigenvalue weighted by molar-refractivity contribution is 7.17. The summed E-state index contributed by atoms with van der Waals surface area (Å²) >= 11 is 1.31. The largest absolute Gasteiger partial charge is 0.492 e. The molecular weight excluding hydrogens is 332 g/mol. The molecule has 0 saturated carbocycles. The summed E-state index contributed by atoms with van der Waals surface area (Å²) in [6.07, 6.45) is 0. The first-order valence-corrected chi connectivity index (χ1v) is 8.44. The second-order valence-electron chi connectivity index (χ2n) is 5.48. The van der Waals surface area contributed by atoms with Crippen LogP contribution < -0.4 is 0 Å². The first-order valence-electron chi connectivity index (χ1n) is 7.62. The third-order valence-electron chi connectivity index (χ3n) is 3.72. The predicted molar refractivity (Wildman–Crippen MR) is 88.3 cm³/mol. The molecule has 3 N–H and O–H groups in total. The topological polar surface area (TPSA) is 107 Å². The Balaban J connectivity index is 2.11. The minimum Gasteiger partial charge on any atom is -0.492 e. The Hall–Kier alpha value is -1.94. The van der Waals surface area contributed by atoms with Crippen molar-refractivity contribution in [2.75, 3.05) is 26.3 Å². The van der Waals surface area contributed by atoms with Crippen LogP contribution in [-0.4, -0.2) is 61.1 Å². The van der Waals surface area contributed by atoms with Gasteiger partial charge in [-0.1, -0.05) is 11.3 Å². The molecule has 0 saturated heterocycles. The molecule has 0 spiro atoms. The number of nitrogens with zero attached hydrogens (tertiary/aromatic N) is 4. The maximum absolute atomic E-state index is 10.6. The summed E-state index contributed by atoms with van der Waals surface area (Å²) in [4.78, 5) is 7.34. The Morgan fingerprint density at radius 1 is 1.25 bits per heavy atom. The smallest absolute Gasteiger partial charge is 0.230 e. The van der Waals surface area contributed by atoms with Crippen LogP contribution in [0.15, 0.2) is 16.5 Å². The Morgan fingerprint density at radius 2 is 1.96 bits per heavy atom. The molecule has 0 aliphatic heterocycles. The molecule has 130 valence electrons. The molecular formula is C15H20N4O4S. The van der Waals surface area contributed by atoms with Gasteiger partial charge in [-0.05, 0) is 26.0 Å². The van der Waals surface area contributed by atoms with Crippen LogP contribution in [0.4, 0.5) is 0 Å². The van der Waals surface area contributed by atoms with Gasteiger partial charge in [-0.3, -0.25) is 4.90 Å². The zero-order chi connectivity index (χ0) is 17.3. The van der Waals surface area contributed by atoms with E-state index in [0.29, 0.717) is 34.5 Å². The van der Waals surface area contributed by atoms with Crippen LogP contribution in [-0.2, 0) is 0 Å². The lowest BCUT2D eigenvalue weighted by Crippen LogP contribution is -2.34. The zero-order valence-corrected chi connectivity index (χ0v) is 14.3. The lowest BCUT2D eigenvalue weighted by molar-refractivity contribution is 0.126. The Labute approximate surface area is 142 Å². The maximum atomic E-state index is 10.6. The summed E-state index contributed by atoms with van der Waals surface area (Å²) in [5, 5.41) is 33.5. The number of aromatic nitrogens is 3. The zero-order valence-electron chi connectivity index (χ0n) is 13.5. The minimum atomic E-state index is -0.438. The Kier molecular flexibility index (Phi) is 4.86. The highest BCUT2D eigenvalue weighted by Gasteiger charge is 2.31. The van der Waals surface area contributed by atoms with Crippen LogP contribution in [0.1, 0.15) is 28.3 Å². The molecule has 0 aliphatic carbocycles. The number of aromatic hydroxyl groups is 1. The number of rotatable bonds is 7. The van der Waals surface area contributed by atoms with E-state index in [0.717, 1.165) is 5.76 Å². The van der Waals surface area contributed by atoms with Crippen molar-refractivity contribution < 1.29 is 19.7 Å². The van der Waals surface area contributed by atoms with Crippen LogP contribution in [0, 0.1) is 13.8 Å². The second kappa shape index (κ2) is 6.89. The molecule has 1 atom stereocenters. The van der Waals surface area contributed by atoms with Crippen molar-refractivity contribution in [3.05, 3.63) is 34.4 Å². The standard InChI is InChI=1S/C15H20N4O4S/c1-9-3-4-11(23-9)12(18(5-7-20)6-8-21)13-14(22)19-15(24-13)16-10(2)17-19/h3-4,12,20-22H,5-8H2,1-2H3. The van der Waals surface area contributed by atoms with E-state index in [2.05, 4.69) is 10.1 Å². The third kappa shape index (κ3) is 3.03. The maximum Gasteiger partial charge on any atom is 0.230 e. The molecule has 0 bridgehead atoms. The van der Waals surface area contributed by atoms with Gasteiger partial charge in [0.05, 0.1) is 18.1 Å². The SMILES string of the molecule is Cc1nc2sc(C(c3ccc(C)o3)N(CCO)CCO)c(O)n2n1. The van der Waals surface area contributed by atoms with E-state index in [9.17, 15) is 15.3 Å². The lowest BCUT2D eigenvalue weighted by atomic mass is 10.1. The average Bonchev–Trinajstić information content (AvgIpc) is 3.19. The highest BCUT2D eigenvalue weighted by atomic mass is 32.1. The molecule has 3 aromatic heterocycles. The second-order valence-corrected chi connectivity index (χ2v) is 6.49. The number of hydrogen-bond donors (Lipinski definition) is 3. The number of fused-ring (bicyclic) bond motifs is 1. The summed E-state index contributed by atoms with van der Waals surface area (Å²) in [6, 6.07) is 3.24. The first kappa shape index (κ1) is 16.9. The number of aliphatic hydroxyl groups excluding tert-OH is 2. The minimum absolute atomic E-state index is 0.00414. The molecule has 24 heavy (non-hydrogen) atoms. The van der Waals surface area contributed by atoms with Crippen molar-refractivity contribution in [3.8, 4) is 5.88 Å². The third-order valence-corrected chi connectivity index (χ3v) is 4.80. The van der Waals surface area contributed by atoms with Gasteiger partial charge in [0.15, 0.2) is 0 Å². The van der Waals surface area contributed by atoms with E-state index < -0.39 is 6.04 Å². The lowest BCUT2D eigenvalue weighted by Gasteiger charge is -2.28. The Morgan fingerprint density at radius 3 is 2.50 bits per heavy atom. The van der Waals surface area contributed by atoms with Crippen LogP contribution in [0.2, 0.25) is 0 Å². The van der Waals surface area contributed by atoms with Gasteiger partial charge >= 0.3 is 0 Å². The van der Waals surface area contributed by atoms with Gasteiger partial charge in [-0.15, -0.1) is 5.10 Å². The number of hydrogen-bond acceptors (Lipinski definition) is 8. The first-order chi connectivity index (χ1) is 11.5. The van der Waals surface area contributed by atoms with Crippen LogP contribution in [0.3, 0.4) is 0 Å². The van der Waals surface area contributed by atoms with Gasteiger partial charge in [-0.2, -0.15) is 4.52 Å². The molecule has 3 heterocycles. The molecule has 3 aromatic rings. The van der Waals surface area contributed by atoms with Crippen molar-refractivity contribution >= 4 is 16.3 Å². The van der Waals surface area contributed by atoms with Gasteiger partial charge in [0.25, 0.3) is 0 Å². The van der Waals surface area contributed by atoms with Crippen molar-refractivity contribution in [3.63, 3.8) is 0 Å². The van der Waals surface area contributed by atoms with E-state index in [1.165, 1.54) is 15.9 Å². The van der Waals surface area contributed by atoms with Gasteiger partial charge in [0, 0.05) is 13.1 Å². The van der Waals surface area contributed by atoms with Gasteiger partial charge in [-0.25, -0.2) is 4.98 Å². The summed E-state index contributed by atoms with van der Waals surface area (Å²) in [5.41, 5.74) is 0. The summed E-state index contributed by atoms with van der Waals surface area (Å²) in [7, 11) is 0. The monoisotopic (exact) mass is 352 g/mol. The molecule has 0 aromatic carbocycles. The van der Waals surface area contributed by atoms with Gasteiger partial charge in [0.2, 0.25) is 10.8 Å². The van der Waals surface area contributed by atoms with E-state index in [4.69, 9.17) is 4.42 Å². The normalized spacial score (nSPS) is 13.2. The molecule has 9 heteroatoms. The number of furan rings is 1. The van der Waals surface area contributed by atoms with E-state index in [-0.39, 0.29) is 19.1 Å². The molecule has 0 fully saturated rings. The quantitative estimate of drug-likeness (QED) is 0.584. The fourth-order valence-corrected chi connectivity index (χ4v) is 3.87. The Bertz CT molecular complexity index is 819. The van der Waals surface area contributed by atoms with Crippen LogP contribution in [0.5, 0.6) is 5.88 Å². The summed E-state index contributed by atoms with van der Waals surface area (Å²) in [6.45, 7) is 4.12. The van der Waals surface area contributed by atoms with Crippen LogP contribution in [0.25, 0.3) is 4.96 Å². The van der Waals surface area contributed by atoms with E-state index >= 15 is 0 Å². The molecule has 3 rings (SSSR count).